The van der Waals surface area contributed by atoms with E-state index in [1.54, 1.807) is 0 Å². The Morgan fingerprint density at radius 3 is 2.87 bits per heavy atom. The Morgan fingerprint density at radius 1 is 1.60 bits per heavy atom. The van der Waals surface area contributed by atoms with Crippen molar-refractivity contribution < 1.29 is 9.90 Å². The molecule has 0 bridgehead atoms. The first-order valence-electron chi connectivity index (χ1n) is 4.99. The van der Waals surface area contributed by atoms with E-state index in [0.29, 0.717) is 19.4 Å². The van der Waals surface area contributed by atoms with Gasteiger partial charge in [-0.1, -0.05) is 6.07 Å². The van der Waals surface area contributed by atoms with Gasteiger partial charge < -0.3 is 10.8 Å². The second-order valence-corrected chi connectivity index (χ2v) is 3.59. The molecule has 82 valence electrons. The van der Waals surface area contributed by atoms with E-state index in [9.17, 15) is 4.79 Å². The molecule has 0 aliphatic carbocycles. The molecular formula is C11H16N2O2. The lowest BCUT2D eigenvalue weighted by molar-refractivity contribution is -0.141. The van der Waals surface area contributed by atoms with Gasteiger partial charge in [0.25, 0.3) is 0 Å². The Balaban J connectivity index is 2.69. The fourth-order valence-electron chi connectivity index (χ4n) is 1.48. The van der Waals surface area contributed by atoms with E-state index in [2.05, 4.69) is 4.98 Å². The molecule has 0 amide bonds. The number of nitrogens with zero attached hydrogens (tertiary/aromatic N) is 1. The fourth-order valence-corrected chi connectivity index (χ4v) is 1.48. The molecule has 15 heavy (non-hydrogen) atoms. The average molecular weight is 208 g/mol. The van der Waals surface area contributed by atoms with Crippen molar-refractivity contribution in [2.45, 2.75) is 19.8 Å². The van der Waals surface area contributed by atoms with Crippen molar-refractivity contribution in [1.82, 2.24) is 4.98 Å². The third kappa shape index (κ3) is 3.67. The van der Waals surface area contributed by atoms with Gasteiger partial charge in [0.05, 0.1) is 5.92 Å². The molecule has 1 rings (SSSR count). The summed E-state index contributed by atoms with van der Waals surface area (Å²) in [6.07, 6.45) is 0.944. The number of nitrogens with two attached hydrogens (primary N) is 1. The molecule has 0 aliphatic rings. The van der Waals surface area contributed by atoms with Crippen LogP contribution < -0.4 is 5.73 Å². The monoisotopic (exact) mass is 208 g/mol. The van der Waals surface area contributed by atoms with Gasteiger partial charge in [-0.15, -0.1) is 0 Å². The summed E-state index contributed by atoms with van der Waals surface area (Å²) in [5, 5.41) is 8.95. The summed E-state index contributed by atoms with van der Waals surface area (Å²) in [4.78, 5) is 15.2. The minimum atomic E-state index is -0.802. The first kappa shape index (κ1) is 11.7. The van der Waals surface area contributed by atoms with Crippen LogP contribution in [0.25, 0.3) is 0 Å². The fraction of sp³-hybridized carbons (Fsp3) is 0.455. The number of hydrogen-bond donors (Lipinski definition) is 2. The zero-order valence-electron chi connectivity index (χ0n) is 8.81. The molecular weight excluding hydrogens is 192 g/mol. The van der Waals surface area contributed by atoms with Gasteiger partial charge in [0.2, 0.25) is 0 Å². The highest BCUT2D eigenvalue weighted by molar-refractivity contribution is 5.70. The highest BCUT2D eigenvalue weighted by atomic mass is 16.4. The van der Waals surface area contributed by atoms with Crippen molar-refractivity contribution in [3.63, 3.8) is 0 Å². The number of carbonyl (C=O) groups is 1. The molecule has 0 saturated heterocycles. The summed E-state index contributed by atoms with van der Waals surface area (Å²) >= 11 is 0. The number of rotatable bonds is 5. The summed E-state index contributed by atoms with van der Waals surface area (Å²) < 4.78 is 0. The van der Waals surface area contributed by atoms with Gasteiger partial charge >= 0.3 is 5.97 Å². The molecule has 1 atom stereocenters. The molecule has 3 N–H and O–H groups in total. The Kier molecular flexibility index (Phi) is 4.24. The molecule has 0 spiro atoms. The van der Waals surface area contributed by atoms with Crippen LogP contribution in [-0.2, 0) is 11.2 Å². The van der Waals surface area contributed by atoms with Gasteiger partial charge in [-0.2, -0.15) is 0 Å². The third-order valence-electron chi connectivity index (χ3n) is 2.27. The number of pyridine rings is 1. The quantitative estimate of drug-likeness (QED) is 0.756. The smallest absolute Gasteiger partial charge is 0.306 e. The predicted molar refractivity (Wildman–Crippen MR) is 57.5 cm³/mol. The number of aliphatic carboxylic acids is 1. The van der Waals surface area contributed by atoms with Crippen molar-refractivity contribution in [1.29, 1.82) is 0 Å². The minimum Gasteiger partial charge on any atom is -0.481 e. The van der Waals surface area contributed by atoms with E-state index in [-0.39, 0.29) is 0 Å². The van der Waals surface area contributed by atoms with Gasteiger partial charge in [0.1, 0.15) is 0 Å². The van der Waals surface area contributed by atoms with E-state index in [0.717, 1.165) is 11.4 Å². The van der Waals surface area contributed by atoms with E-state index >= 15 is 0 Å². The van der Waals surface area contributed by atoms with Crippen LogP contribution in [0.5, 0.6) is 0 Å². The Hall–Kier alpha value is -1.42. The summed E-state index contributed by atoms with van der Waals surface area (Å²) in [5.41, 5.74) is 7.09. The molecule has 4 nitrogen and oxygen atoms in total. The minimum absolute atomic E-state index is 0.392. The average Bonchev–Trinajstić information content (AvgIpc) is 2.17. The molecule has 1 aromatic rings. The van der Waals surface area contributed by atoms with Gasteiger partial charge in [-0.05, 0) is 32.0 Å². The van der Waals surface area contributed by atoms with Gasteiger partial charge in [-0.3, -0.25) is 9.78 Å². The summed E-state index contributed by atoms with van der Waals surface area (Å²) in [5.74, 6) is -1.23. The standard InChI is InChI=1S/C11H16N2O2/c1-8-3-2-4-10(13-8)7-9(5-6-12)11(14)15/h2-4,9H,5-7,12H2,1H3,(H,14,15). The molecule has 1 aromatic heterocycles. The van der Waals surface area contributed by atoms with Gasteiger partial charge in [0, 0.05) is 17.8 Å². The summed E-state index contributed by atoms with van der Waals surface area (Å²) in [7, 11) is 0. The Morgan fingerprint density at radius 2 is 2.33 bits per heavy atom. The first-order valence-corrected chi connectivity index (χ1v) is 4.99. The lowest BCUT2D eigenvalue weighted by Gasteiger charge is -2.10. The highest BCUT2D eigenvalue weighted by Gasteiger charge is 2.17. The molecule has 0 fully saturated rings. The normalized spacial score (nSPS) is 12.4. The zero-order chi connectivity index (χ0) is 11.3. The topological polar surface area (TPSA) is 76.2 Å². The molecule has 1 heterocycles. The highest BCUT2D eigenvalue weighted by Crippen LogP contribution is 2.10. The van der Waals surface area contributed by atoms with Crippen LogP contribution in [-0.4, -0.2) is 22.6 Å². The molecule has 0 aliphatic heterocycles. The number of aromatic nitrogens is 1. The van der Waals surface area contributed by atoms with Crippen molar-refractivity contribution in [3.8, 4) is 0 Å². The maximum absolute atomic E-state index is 10.9. The molecule has 1 unspecified atom stereocenters. The van der Waals surface area contributed by atoms with Crippen molar-refractivity contribution in [2.24, 2.45) is 11.7 Å². The van der Waals surface area contributed by atoms with Crippen LogP contribution in [0.2, 0.25) is 0 Å². The third-order valence-corrected chi connectivity index (χ3v) is 2.27. The van der Waals surface area contributed by atoms with E-state index in [1.807, 2.05) is 25.1 Å². The number of carboxylic acid groups (broad SMARTS) is 1. The SMILES string of the molecule is Cc1cccc(CC(CCN)C(=O)O)n1. The van der Waals surface area contributed by atoms with Crippen LogP contribution >= 0.6 is 0 Å². The van der Waals surface area contributed by atoms with Crippen molar-refractivity contribution in [2.75, 3.05) is 6.54 Å². The number of aryl methyl sites for hydroxylation is 1. The second kappa shape index (κ2) is 5.46. The molecule has 4 heteroatoms. The maximum Gasteiger partial charge on any atom is 0.306 e. The van der Waals surface area contributed by atoms with E-state index in [4.69, 9.17) is 10.8 Å². The molecule has 0 saturated carbocycles. The van der Waals surface area contributed by atoms with Crippen LogP contribution in [0.1, 0.15) is 17.8 Å². The van der Waals surface area contributed by atoms with Crippen LogP contribution in [0.4, 0.5) is 0 Å². The molecule has 0 aromatic carbocycles. The largest absolute Gasteiger partial charge is 0.481 e. The van der Waals surface area contributed by atoms with Crippen molar-refractivity contribution >= 4 is 5.97 Å². The van der Waals surface area contributed by atoms with Gasteiger partial charge in [-0.25, -0.2) is 0 Å². The first-order chi connectivity index (χ1) is 7.13. The zero-order valence-corrected chi connectivity index (χ0v) is 8.81. The number of hydrogen-bond acceptors (Lipinski definition) is 3. The second-order valence-electron chi connectivity index (χ2n) is 3.59. The van der Waals surface area contributed by atoms with Crippen LogP contribution in [0.15, 0.2) is 18.2 Å². The van der Waals surface area contributed by atoms with Gasteiger partial charge in [0.15, 0.2) is 0 Å². The number of carboxylic acids is 1. The van der Waals surface area contributed by atoms with Crippen LogP contribution in [0, 0.1) is 12.8 Å². The summed E-state index contributed by atoms with van der Waals surface area (Å²) in [6, 6.07) is 5.63. The summed E-state index contributed by atoms with van der Waals surface area (Å²) in [6.45, 7) is 2.28. The van der Waals surface area contributed by atoms with Crippen molar-refractivity contribution in [3.05, 3.63) is 29.6 Å². The Bertz CT molecular complexity index is 339. The van der Waals surface area contributed by atoms with E-state index in [1.165, 1.54) is 0 Å². The van der Waals surface area contributed by atoms with Crippen LogP contribution in [0.3, 0.4) is 0 Å². The predicted octanol–water partition coefficient (Wildman–Crippen LogP) is 0.982. The van der Waals surface area contributed by atoms with E-state index < -0.39 is 11.9 Å². The lowest BCUT2D eigenvalue weighted by Crippen LogP contribution is -2.20. The Labute approximate surface area is 89.1 Å². The maximum atomic E-state index is 10.9. The lowest BCUT2D eigenvalue weighted by atomic mass is 9.99. The molecule has 0 radical (unpaired) electrons.